The van der Waals surface area contributed by atoms with Crippen LogP contribution >= 0.6 is 0 Å². The van der Waals surface area contributed by atoms with Crippen LogP contribution in [-0.4, -0.2) is 17.8 Å². The van der Waals surface area contributed by atoms with Gasteiger partial charge in [-0.05, 0) is 25.5 Å². The first-order chi connectivity index (χ1) is 10.1. The van der Waals surface area contributed by atoms with Crippen LogP contribution in [0, 0.1) is 5.41 Å². The summed E-state index contributed by atoms with van der Waals surface area (Å²) in [5.74, 6) is 0.0932. The van der Waals surface area contributed by atoms with E-state index in [1.165, 1.54) is 0 Å². The van der Waals surface area contributed by atoms with Crippen molar-refractivity contribution in [1.82, 2.24) is 10.6 Å². The maximum atomic E-state index is 12.2. The molecule has 0 aromatic heterocycles. The molecule has 1 aliphatic rings. The SMILES string of the molecule is CC1=CC(C)=N/C(=C(/C=N)C(=O)NCc2ccccc2)N1. The lowest BCUT2D eigenvalue weighted by Crippen LogP contribution is -2.29. The van der Waals surface area contributed by atoms with Gasteiger partial charge in [-0.15, -0.1) is 0 Å². The van der Waals surface area contributed by atoms with Gasteiger partial charge in [-0.1, -0.05) is 30.3 Å². The fourth-order valence-electron chi connectivity index (χ4n) is 2.02. The summed E-state index contributed by atoms with van der Waals surface area (Å²) >= 11 is 0. The van der Waals surface area contributed by atoms with Crippen LogP contribution < -0.4 is 10.6 Å². The summed E-state index contributed by atoms with van der Waals surface area (Å²) in [4.78, 5) is 16.5. The number of hydrogen-bond donors (Lipinski definition) is 3. The van der Waals surface area contributed by atoms with Crippen LogP contribution in [0.5, 0.6) is 0 Å². The third kappa shape index (κ3) is 3.89. The molecule has 1 aromatic carbocycles. The van der Waals surface area contributed by atoms with Gasteiger partial charge in [0.2, 0.25) is 0 Å². The van der Waals surface area contributed by atoms with Crippen molar-refractivity contribution in [2.24, 2.45) is 4.99 Å². The zero-order valence-corrected chi connectivity index (χ0v) is 12.1. The zero-order valence-electron chi connectivity index (χ0n) is 12.1. The van der Waals surface area contributed by atoms with Crippen LogP contribution in [0.25, 0.3) is 0 Å². The van der Waals surface area contributed by atoms with Crippen molar-refractivity contribution in [3.8, 4) is 0 Å². The second kappa shape index (κ2) is 6.65. The molecule has 0 saturated carbocycles. The summed E-state index contributed by atoms with van der Waals surface area (Å²) in [6, 6.07) is 9.63. The van der Waals surface area contributed by atoms with Crippen molar-refractivity contribution in [3.05, 3.63) is 59.1 Å². The maximum Gasteiger partial charge on any atom is 0.256 e. The lowest BCUT2D eigenvalue weighted by Gasteiger charge is -2.16. The van der Waals surface area contributed by atoms with Gasteiger partial charge in [-0.25, -0.2) is 4.99 Å². The quantitative estimate of drug-likeness (QED) is 0.584. The predicted octanol–water partition coefficient (Wildman–Crippen LogP) is 2.13. The maximum absolute atomic E-state index is 12.2. The predicted molar refractivity (Wildman–Crippen MR) is 84.1 cm³/mol. The average molecular weight is 282 g/mol. The first-order valence-corrected chi connectivity index (χ1v) is 6.67. The molecule has 1 heterocycles. The second-order valence-corrected chi connectivity index (χ2v) is 4.78. The number of rotatable bonds is 4. The molecule has 0 fully saturated rings. The van der Waals surface area contributed by atoms with E-state index in [9.17, 15) is 4.79 Å². The highest BCUT2D eigenvalue weighted by molar-refractivity contribution is 6.12. The first-order valence-electron chi connectivity index (χ1n) is 6.67. The highest BCUT2D eigenvalue weighted by atomic mass is 16.1. The Morgan fingerprint density at radius 3 is 2.67 bits per heavy atom. The van der Waals surface area contributed by atoms with Crippen LogP contribution in [0.3, 0.4) is 0 Å². The van der Waals surface area contributed by atoms with Crippen LogP contribution in [0.2, 0.25) is 0 Å². The van der Waals surface area contributed by atoms with E-state index in [0.29, 0.717) is 12.4 Å². The van der Waals surface area contributed by atoms with Crippen molar-refractivity contribution in [1.29, 1.82) is 5.41 Å². The number of hydrogen-bond acceptors (Lipinski definition) is 4. The summed E-state index contributed by atoms with van der Waals surface area (Å²) in [6.45, 7) is 4.16. The molecule has 3 N–H and O–H groups in total. The minimum atomic E-state index is -0.317. The number of aliphatic imine (C=N–C) groups is 1. The third-order valence-electron chi connectivity index (χ3n) is 2.97. The number of carbonyl (C=O) groups excluding carboxylic acids is 1. The van der Waals surface area contributed by atoms with Crippen molar-refractivity contribution in [3.63, 3.8) is 0 Å². The fourth-order valence-corrected chi connectivity index (χ4v) is 2.02. The summed E-state index contributed by atoms with van der Waals surface area (Å²) in [7, 11) is 0. The van der Waals surface area contributed by atoms with Gasteiger partial charge in [-0.3, -0.25) is 4.79 Å². The number of nitrogens with one attached hydrogen (secondary N) is 3. The van der Waals surface area contributed by atoms with Crippen LogP contribution in [0.4, 0.5) is 0 Å². The summed E-state index contributed by atoms with van der Waals surface area (Å²) in [5.41, 5.74) is 2.93. The largest absolute Gasteiger partial charge is 0.348 e. The minimum Gasteiger partial charge on any atom is -0.348 e. The number of nitrogens with zero attached hydrogens (tertiary/aromatic N) is 1. The Morgan fingerprint density at radius 2 is 2.05 bits per heavy atom. The smallest absolute Gasteiger partial charge is 0.256 e. The van der Waals surface area contributed by atoms with Gasteiger partial charge < -0.3 is 16.0 Å². The van der Waals surface area contributed by atoms with Crippen LogP contribution in [-0.2, 0) is 11.3 Å². The van der Waals surface area contributed by atoms with E-state index < -0.39 is 0 Å². The van der Waals surface area contributed by atoms with Crippen molar-refractivity contribution in [2.45, 2.75) is 20.4 Å². The van der Waals surface area contributed by atoms with Gasteiger partial charge in [0.05, 0.1) is 5.57 Å². The molecule has 0 radical (unpaired) electrons. The molecule has 108 valence electrons. The monoisotopic (exact) mass is 282 g/mol. The van der Waals surface area contributed by atoms with E-state index in [2.05, 4.69) is 15.6 Å². The number of benzene rings is 1. The van der Waals surface area contributed by atoms with E-state index >= 15 is 0 Å². The van der Waals surface area contributed by atoms with Gasteiger partial charge in [0, 0.05) is 24.2 Å². The van der Waals surface area contributed by atoms with Gasteiger partial charge in [0.15, 0.2) is 0 Å². The summed E-state index contributed by atoms with van der Waals surface area (Å²) in [5, 5.41) is 13.3. The Labute approximate surface area is 124 Å². The van der Waals surface area contributed by atoms with Crippen molar-refractivity contribution < 1.29 is 4.79 Å². The summed E-state index contributed by atoms with van der Waals surface area (Å²) < 4.78 is 0. The third-order valence-corrected chi connectivity index (χ3v) is 2.97. The number of amides is 1. The molecule has 2 rings (SSSR count). The van der Waals surface area contributed by atoms with E-state index in [1.54, 1.807) is 0 Å². The van der Waals surface area contributed by atoms with Crippen LogP contribution in [0.15, 0.2) is 58.5 Å². The molecule has 5 nitrogen and oxygen atoms in total. The molecule has 0 aliphatic carbocycles. The van der Waals surface area contributed by atoms with Gasteiger partial charge in [0.25, 0.3) is 5.91 Å². The lowest BCUT2D eigenvalue weighted by atomic mass is 10.2. The standard InChI is InChI=1S/C16H18N4O/c1-11-8-12(2)20-15(19-11)14(9-17)16(21)18-10-13-6-4-3-5-7-13/h3-9,17,19H,10H2,1-2H3,(H,18,21)/b15-14-,17-9?. The average Bonchev–Trinajstić information content (AvgIpc) is 2.46. The number of carbonyl (C=O) groups is 1. The molecule has 0 spiro atoms. The van der Waals surface area contributed by atoms with E-state index in [1.807, 2.05) is 50.3 Å². The summed E-state index contributed by atoms with van der Waals surface area (Å²) in [6.07, 6.45) is 2.91. The Morgan fingerprint density at radius 1 is 1.33 bits per heavy atom. The fraction of sp³-hybridized carbons (Fsp3) is 0.188. The zero-order chi connectivity index (χ0) is 15.2. The topological polar surface area (TPSA) is 77.3 Å². The molecule has 1 aromatic rings. The highest BCUT2D eigenvalue weighted by Gasteiger charge is 2.15. The Balaban J connectivity index is 2.13. The Kier molecular flexibility index (Phi) is 4.66. The molecule has 1 aliphatic heterocycles. The van der Waals surface area contributed by atoms with Gasteiger partial charge >= 0.3 is 0 Å². The second-order valence-electron chi connectivity index (χ2n) is 4.78. The van der Waals surface area contributed by atoms with Crippen LogP contribution in [0.1, 0.15) is 19.4 Å². The van der Waals surface area contributed by atoms with Gasteiger partial charge in [-0.2, -0.15) is 0 Å². The molecule has 0 unspecified atom stereocenters. The molecular weight excluding hydrogens is 264 g/mol. The van der Waals surface area contributed by atoms with E-state index in [0.717, 1.165) is 23.2 Å². The molecule has 21 heavy (non-hydrogen) atoms. The minimum absolute atomic E-state index is 0.220. The highest BCUT2D eigenvalue weighted by Crippen LogP contribution is 2.10. The van der Waals surface area contributed by atoms with Crippen molar-refractivity contribution >= 4 is 17.8 Å². The Hall–Kier alpha value is -2.69. The Bertz CT molecular complexity index is 642. The molecular formula is C16H18N4O. The molecule has 1 amide bonds. The molecule has 0 bridgehead atoms. The van der Waals surface area contributed by atoms with Crippen molar-refractivity contribution in [2.75, 3.05) is 0 Å². The van der Waals surface area contributed by atoms with Gasteiger partial charge in [0.1, 0.15) is 5.82 Å². The molecule has 0 atom stereocenters. The first kappa shape index (κ1) is 14.7. The normalized spacial score (nSPS) is 16.3. The van der Waals surface area contributed by atoms with E-state index in [4.69, 9.17) is 5.41 Å². The molecule has 0 saturated heterocycles. The molecule has 5 heteroatoms. The lowest BCUT2D eigenvalue weighted by molar-refractivity contribution is -0.117. The number of allylic oxidation sites excluding steroid dienone is 2. The van der Waals surface area contributed by atoms with E-state index in [-0.39, 0.29) is 11.5 Å².